The Morgan fingerprint density at radius 2 is 1.74 bits per heavy atom. The monoisotopic (exact) mass is 331 g/mol. The van der Waals surface area contributed by atoms with E-state index in [1.807, 2.05) is 0 Å². The zero-order valence-corrected chi connectivity index (χ0v) is 13.2. The summed E-state index contributed by atoms with van der Waals surface area (Å²) < 4.78 is 36.1. The highest BCUT2D eigenvalue weighted by atomic mass is 32.2. The first-order valence-electron chi connectivity index (χ1n) is 7.05. The Kier molecular flexibility index (Phi) is 3.85. The summed E-state index contributed by atoms with van der Waals surface area (Å²) in [6.45, 7) is 0. The minimum Gasteiger partial charge on any atom is -0.294 e. The molecule has 0 N–H and O–H groups in total. The first-order chi connectivity index (χ1) is 10.9. The molecule has 1 aromatic carbocycles. The molecule has 1 aliphatic rings. The smallest absolute Gasteiger partial charge is 0.175 e. The highest BCUT2D eigenvalue weighted by Crippen LogP contribution is 2.37. The average molecular weight is 331 g/mol. The Morgan fingerprint density at radius 3 is 2.30 bits per heavy atom. The SMILES string of the molecule is CS(=O)(=O)c1ccc(C2=C(c3ccc(F)cn3)C(=O)CC2)cc1. The molecule has 1 heterocycles. The molecule has 23 heavy (non-hydrogen) atoms. The molecule has 3 rings (SSSR count). The Bertz CT molecular complexity index is 898. The molecular weight excluding hydrogens is 317 g/mol. The highest BCUT2D eigenvalue weighted by molar-refractivity contribution is 7.90. The van der Waals surface area contributed by atoms with E-state index in [1.165, 1.54) is 24.3 Å². The minimum atomic E-state index is -3.26. The van der Waals surface area contributed by atoms with Crippen molar-refractivity contribution in [3.8, 4) is 0 Å². The van der Waals surface area contributed by atoms with E-state index in [0.717, 1.165) is 23.6 Å². The van der Waals surface area contributed by atoms with Crippen LogP contribution in [-0.4, -0.2) is 25.4 Å². The van der Waals surface area contributed by atoms with Crippen LogP contribution in [0.1, 0.15) is 24.1 Å². The van der Waals surface area contributed by atoms with Crippen molar-refractivity contribution in [1.82, 2.24) is 4.98 Å². The first-order valence-corrected chi connectivity index (χ1v) is 8.94. The maximum absolute atomic E-state index is 13.0. The molecule has 0 saturated heterocycles. The number of ketones is 1. The quantitative estimate of drug-likeness (QED) is 0.867. The van der Waals surface area contributed by atoms with Gasteiger partial charge in [0.1, 0.15) is 5.82 Å². The van der Waals surface area contributed by atoms with E-state index in [-0.39, 0.29) is 10.7 Å². The van der Waals surface area contributed by atoms with E-state index in [9.17, 15) is 17.6 Å². The molecule has 6 heteroatoms. The molecule has 118 valence electrons. The summed E-state index contributed by atoms with van der Waals surface area (Å²) in [5.74, 6) is -0.495. The summed E-state index contributed by atoms with van der Waals surface area (Å²) in [6.07, 6.45) is 3.16. The summed E-state index contributed by atoms with van der Waals surface area (Å²) in [7, 11) is -3.26. The summed E-state index contributed by atoms with van der Waals surface area (Å²) in [5, 5.41) is 0. The van der Waals surface area contributed by atoms with Gasteiger partial charge in [0, 0.05) is 18.2 Å². The third-order valence-corrected chi connectivity index (χ3v) is 4.93. The second kappa shape index (κ2) is 5.70. The molecule has 0 unspecified atom stereocenters. The molecular formula is C17H14FNO3S. The molecule has 0 saturated carbocycles. The van der Waals surface area contributed by atoms with E-state index >= 15 is 0 Å². The van der Waals surface area contributed by atoms with E-state index in [2.05, 4.69) is 4.98 Å². The van der Waals surface area contributed by atoms with Crippen molar-refractivity contribution in [2.45, 2.75) is 17.7 Å². The number of Topliss-reactive ketones (excluding diaryl/α,β-unsaturated/α-hetero) is 1. The maximum atomic E-state index is 13.0. The summed E-state index contributed by atoms with van der Waals surface area (Å²) in [6, 6.07) is 9.18. The predicted octanol–water partition coefficient (Wildman–Crippen LogP) is 2.90. The van der Waals surface area contributed by atoms with Gasteiger partial charge in [0.2, 0.25) is 0 Å². The lowest BCUT2D eigenvalue weighted by Crippen LogP contribution is -1.99. The van der Waals surface area contributed by atoms with Crippen molar-refractivity contribution in [2.75, 3.05) is 6.26 Å². The zero-order valence-electron chi connectivity index (χ0n) is 12.4. The normalized spacial score (nSPS) is 15.3. The van der Waals surface area contributed by atoms with Crippen LogP contribution in [0.25, 0.3) is 11.1 Å². The highest BCUT2D eigenvalue weighted by Gasteiger charge is 2.26. The topological polar surface area (TPSA) is 64.1 Å². The van der Waals surface area contributed by atoms with Crippen LogP contribution >= 0.6 is 0 Å². The van der Waals surface area contributed by atoms with E-state index < -0.39 is 15.7 Å². The number of hydrogen-bond acceptors (Lipinski definition) is 4. The molecule has 0 amide bonds. The standard InChI is InChI=1S/C17H14FNO3S/c1-23(21,22)13-5-2-11(3-6-13)14-7-9-16(20)17(14)15-8-4-12(18)10-19-15/h2-6,8,10H,7,9H2,1H3. The third kappa shape index (κ3) is 3.07. The molecule has 1 aliphatic carbocycles. The minimum absolute atomic E-state index is 0.0358. The number of sulfone groups is 1. The summed E-state index contributed by atoms with van der Waals surface area (Å²) in [5.41, 5.74) is 2.52. The van der Waals surface area contributed by atoms with Crippen LogP contribution in [0, 0.1) is 5.82 Å². The number of nitrogens with zero attached hydrogens (tertiary/aromatic N) is 1. The van der Waals surface area contributed by atoms with Gasteiger partial charge in [-0.15, -0.1) is 0 Å². The largest absolute Gasteiger partial charge is 0.294 e. The fourth-order valence-corrected chi connectivity index (χ4v) is 3.30. The number of rotatable bonds is 3. The average Bonchev–Trinajstić information content (AvgIpc) is 2.89. The zero-order chi connectivity index (χ0) is 16.6. The van der Waals surface area contributed by atoms with Crippen LogP contribution in [0.15, 0.2) is 47.5 Å². The van der Waals surface area contributed by atoms with Crippen LogP contribution in [0.2, 0.25) is 0 Å². The van der Waals surface area contributed by atoms with E-state index in [1.54, 1.807) is 12.1 Å². The number of carbonyl (C=O) groups is 1. The number of benzene rings is 1. The van der Waals surface area contributed by atoms with Crippen LogP contribution in [0.5, 0.6) is 0 Å². The van der Waals surface area contributed by atoms with Gasteiger partial charge in [0.15, 0.2) is 15.6 Å². The summed E-state index contributed by atoms with van der Waals surface area (Å²) in [4.78, 5) is 16.4. The fourth-order valence-electron chi connectivity index (χ4n) is 2.67. The van der Waals surface area contributed by atoms with Crippen molar-refractivity contribution < 1.29 is 17.6 Å². The van der Waals surface area contributed by atoms with Crippen LogP contribution in [0.3, 0.4) is 0 Å². The van der Waals surface area contributed by atoms with Gasteiger partial charge in [-0.2, -0.15) is 0 Å². The van der Waals surface area contributed by atoms with Crippen LogP contribution in [0.4, 0.5) is 4.39 Å². The maximum Gasteiger partial charge on any atom is 0.175 e. The predicted molar refractivity (Wildman–Crippen MR) is 84.8 cm³/mol. The lowest BCUT2D eigenvalue weighted by molar-refractivity contribution is -0.113. The lowest BCUT2D eigenvalue weighted by atomic mass is 10.00. The number of hydrogen-bond donors (Lipinski definition) is 0. The number of allylic oxidation sites excluding steroid dienone is 2. The fraction of sp³-hybridized carbons (Fsp3) is 0.176. The molecule has 4 nitrogen and oxygen atoms in total. The Labute approximate surface area is 133 Å². The van der Waals surface area contributed by atoms with Gasteiger partial charge in [0.05, 0.1) is 16.8 Å². The van der Waals surface area contributed by atoms with Crippen molar-refractivity contribution >= 4 is 26.8 Å². The second-order valence-electron chi connectivity index (χ2n) is 5.43. The van der Waals surface area contributed by atoms with Crippen LogP contribution < -0.4 is 0 Å². The van der Waals surface area contributed by atoms with Gasteiger partial charge in [-0.1, -0.05) is 12.1 Å². The van der Waals surface area contributed by atoms with Gasteiger partial charge in [-0.3, -0.25) is 9.78 Å². The van der Waals surface area contributed by atoms with Gasteiger partial charge in [0.25, 0.3) is 0 Å². The molecule has 0 fully saturated rings. The first kappa shape index (κ1) is 15.6. The van der Waals surface area contributed by atoms with Crippen molar-refractivity contribution in [1.29, 1.82) is 0 Å². The molecule has 0 spiro atoms. The number of carbonyl (C=O) groups excluding carboxylic acids is 1. The molecule has 0 aliphatic heterocycles. The Balaban J connectivity index is 2.08. The van der Waals surface area contributed by atoms with E-state index in [4.69, 9.17) is 0 Å². The van der Waals surface area contributed by atoms with Gasteiger partial charge >= 0.3 is 0 Å². The number of aromatic nitrogens is 1. The Hall–Kier alpha value is -2.34. The van der Waals surface area contributed by atoms with Crippen molar-refractivity contribution in [3.63, 3.8) is 0 Å². The van der Waals surface area contributed by atoms with Crippen molar-refractivity contribution in [3.05, 3.63) is 59.7 Å². The number of halogens is 1. The van der Waals surface area contributed by atoms with Gasteiger partial charge < -0.3 is 0 Å². The molecule has 1 aromatic heterocycles. The third-order valence-electron chi connectivity index (χ3n) is 3.80. The Morgan fingerprint density at radius 1 is 1.04 bits per heavy atom. The van der Waals surface area contributed by atoms with Crippen molar-refractivity contribution in [2.24, 2.45) is 0 Å². The molecule has 0 atom stereocenters. The van der Waals surface area contributed by atoms with E-state index in [0.29, 0.717) is 24.1 Å². The molecule has 2 aromatic rings. The van der Waals surface area contributed by atoms with Gasteiger partial charge in [-0.05, 0) is 41.8 Å². The molecule has 0 radical (unpaired) electrons. The number of pyridine rings is 1. The second-order valence-corrected chi connectivity index (χ2v) is 7.45. The van der Waals surface area contributed by atoms with Gasteiger partial charge in [-0.25, -0.2) is 12.8 Å². The molecule has 0 bridgehead atoms. The van der Waals surface area contributed by atoms with Crippen LogP contribution in [-0.2, 0) is 14.6 Å². The summed E-state index contributed by atoms with van der Waals surface area (Å²) >= 11 is 0. The lowest BCUT2D eigenvalue weighted by Gasteiger charge is -2.07.